The molecular weight excluding hydrogens is 400 g/mol. The minimum Gasteiger partial charge on any atom is -0.494 e. The van der Waals surface area contributed by atoms with Gasteiger partial charge in [0, 0.05) is 23.6 Å². The molecule has 152 valence electrons. The number of aromatic nitrogens is 4. The van der Waals surface area contributed by atoms with Crippen LogP contribution in [0.3, 0.4) is 0 Å². The fourth-order valence-electron chi connectivity index (χ4n) is 2.99. The Kier molecular flexibility index (Phi) is 5.67. The molecule has 2 aromatic carbocycles. The molecule has 0 saturated heterocycles. The van der Waals surface area contributed by atoms with E-state index in [1.165, 1.54) is 16.3 Å². The summed E-state index contributed by atoms with van der Waals surface area (Å²) in [5.74, 6) is 0.959. The Morgan fingerprint density at radius 3 is 2.47 bits per heavy atom. The van der Waals surface area contributed by atoms with Crippen LogP contribution in [0.4, 0.5) is 0 Å². The number of ether oxygens (including phenoxy) is 1. The van der Waals surface area contributed by atoms with E-state index in [0.717, 1.165) is 11.3 Å². The van der Waals surface area contributed by atoms with Crippen LogP contribution in [0.15, 0.2) is 70.9 Å². The van der Waals surface area contributed by atoms with Gasteiger partial charge in [-0.05, 0) is 38.1 Å². The van der Waals surface area contributed by atoms with Crippen LogP contribution in [0.25, 0.3) is 11.3 Å². The van der Waals surface area contributed by atoms with E-state index >= 15 is 0 Å². The number of ketones is 1. The first kappa shape index (κ1) is 19.9. The van der Waals surface area contributed by atoms with Gasteiger partial charge in [-0.25, -0.2) is 0 Å². The van der Waals surface area contributed by atoms with E-state index in [-0.39, 0.29) is 22.7 Å². The third kappa shape index (κ3) is 3.99. The maximum absolute atomic E-state index is 12.9. The largest absolute Gasteiger partial charge is 0.494 e. The molecule has 4 aromatic rings. The van der Waals surface area contributed by atoms with E-state index < -0.39 is 0 Å². The topological polar surface area (TPSA) is 78.5 Å². The standard InChI is InChI=1S/C22H20N4O3S/c1-3-29-18-10-8-17(9-11-18)25-12-13-26-20(21(25)28)23-24-22(26)30-14-19(27)16-6-4-15(2)5-7-16/h4-13H,3,14H2,1-2H3. The summed E-state index contributed by atoms with van der Waals surface area (Å²) in [7, 11) is 0. The lowest BCUT2D eigenvalue weighted by Crippen LogP contribution is -2.20. The van der Waals surface area contributed by atoms with Crippen molar-refractivity contribution in [1.29, 1.82) is 0 Å². The highest BCUT2D eigenvalue weighted by atomic mass is 32.2. The van der Waals surface area contributed by atoms with Gasteiger partial charge in [0.2, 0.25) is 5.65 Å². The molecule has 0 N–H and O–H groups in total. The third-order valence-corrected chi connectivity index (χ3v) is 5.51. The van der Waals surface area contributed by atoms with Crippen LogP contribution in [0, 0.1) is 6.92 Å². The summed E-state index contributed by atoms with van der Waals surface area (Å²) in [6, 6.07) is 14.7. The van der Waals surface area contributed by atoms with Crippen molar-refractivity contribution in [2.75, 3.05) is 12.4 Å². The molecule has 4 rings (SSSR count). The highest BCUT2D eigenvalue weighted by Gasteiger charge is 2.14. The number of rotatable bonds is 7. The van der Waals surface area contributed by atoms with Gasteiger partial charge in [0.15, 0.2) is 10.9 Å². The molecule has 0 saturated carbocycles. The van der Waals surface area contributed by atoms with Gasteiger partial charge in [0.1, 0.15) is 5.75 Å². The molecule has 0 atom stereocenters. The van der Waals surface area contributed by atoms with Crippen molar-refractivity contribution in [1.82, 2.24) is 19.2 Å². The van der Waals surface area contributed by atoms with Gasteiger partial charge in [-0.3, -0.25) is 18.6 Å². The second kappa shape index (κ2) is 8.54. The van der Waals surface area contributed by atoms with Crippen LogP contribution in [0.1, 0.15) is 22.8 Å². The highest BCUT2D eigenvalue weighted by molar-refractivity contribution is 7.99. The number of thioether (sulfide) groups is 1. The fraction of sp³-hybridized carbons (Fsp3) is 0.182. The van der Waals surface area contributed by atoms with Crippen molar-refractivity contribution in [2.24, 2.45) is 0 Å². The van der Waals surface area contributed by atoms with Gasteiger partial charge < -0.3 is 4.74 Å². The molecule has 0 fully saturated rings. The summed E-state index contributed by atoms with van der Waals surface area (Å²) in [6.45, 7) is 4.48. The Hall–Kier alpha value is -3.39. The first-order valence-corrected chi connectivity index (χ1v) is 10.5. The van der Waals surface area contributed by atoms with Crippen LogP contribution >= 0.6 is 11.8 Å². The Bertz CT molecular complexity index is 1240. The molecule has 0 amide bonds. The third-order valence-electron chi connectivity index (χ3n) is 4.57. The average molecular weight is 420 g/mol. The van der Waals surface area contributed by atoms with Crippen molar-refractivity contribution < 1.29 is 9.53 Å². The first-order valence-electron chi connectivity index (χ1n) is 9.49. The lowest BCUT2D eigenvalue weighted by atomic mass is 10.1. The monoisotopic (exact) mass is 420 g/mol. The number of hydrogen-bond donors (Lipinski definition) is 0. The molecule has 30 heavy (non-hydrogen) atoms. The second-order valence-corrected chi connectivity index (χ2v) is 7.60. The van der Waals surface area contributed by atoms with E-state index in [2.05, 4.69) is 10.2 Å². The van der Waals surface area contributed by atoms with Crippen LogP contribution in [0.2, 0.25) is 0 Å². The lowest BCUT2D eigenvalue weighted by Gasteiger charge is -2.08. The Labute approximate surface area is 177 Å². The molecule has 2 heterocycles. The van der Waals surface area contributed by atoms with Gasteiger partial charge in [-0.1, -0.05) is 41.6 Å². The summed E-state index contributed by atoms with van der Waals surface area (Å²) >= 11 is 1.26. The van der Waals surface area contributed by atoms with Crippen LogP contribution in [0.5, 0.6) is 5.75 Å². The molecule has 0 spiro atoms. The molecule has 7 nitrogen and oxygen atoms in total. The van der Waals surface area contributed by atoms with Gasteiger partial charge in [-0.2, -0.15) is 0 Å². The van der Waals surface area contributed by atoms with Crippen LogP contribution < -0.4 is 10.3 Å². The number of carbonyl (C=O) groups excluding carboxylic acids is 1. The van der Waals surface area contributed by atoms with Crippen LogP contribution in [-0.2, 0) is 0 Å². The molecule has 2 aromatic heterocycles. The van der Waals surface area contributed by atoms with Crippen molar-refractivity contribution in [2.45, 2.75) is 19.0 Å². The number of carbonyl (C=O) groups is 1. The van der Waals surface area contributed by atoms with Crippen LogP contribution in [-0.4, -0.2) is 37.3 Å². The lowest BCUT2D eigenvalue weighted by molar-refractivity contribution is 0.102. The molecule has 0 aliphatic carbocycles. The number of aryl methyl sites for hydroxylation is 1. The summed E-state index contributed by atoms with van der Waals surface area (Å²) < 4.78 is 8.56. The van der Waals surface area contributed by atoms with Gasteiger partial charge in [0.05, 0.1) is 12.4 Å². The minimum absolute atomic E-state index is 0.000481. The van der Waals surface area contributed by atoms with E-state index in [0.29, 0.717) is 23.0 Å². The molecule has 0 bridgehead atoms. The number of fused-ring (bicyclic) bond motifs is 1. The Balaban J connectivity index is 1.55. The summed E-state index contributed by atoms with van der Waals surface area (Å²) in [6.07, 6.45) is 3.39. The van der Waals surface area contributed by atoms with E-state index in [9.17, 15) is 9.59 Å². The number of benzene rings is 2. The van der Waals surface area contributed by atoms with Crippen molar-refractivity contribution in [3.63, 3.8) is 0 Å². The van der Waals surface area contributed by atoms with E-state index in [4.69, 9.17) is 4.74 Å². The second-order valence-electron chi connectivity index (χ2n) is 6.65. The Morgan fingerprint density at radius 2 is 1.77 bits per heavy atom. The Morgan fingerprint density at radius 1 is 1.03 bits per heavy atom. The number of Topliss-reactive ketones (excluding diaryl/α,β-unsaturated/α-hetero) is 1. The maximum atomic E-state index is 12.9. The van der Waals surface area contributed by atoms with Gasteiger partial charge in [0.25, 0.3) is 0 Å². The average Bonchev–Trinajstić information content (AvgIpc) is 3.18. The van der Waals surface area contributed by atoms with E-state index in [1.807, 2.05) is 62.4 Å². The highest BCUT2D eigenvalue weighted by Crippen LogP contribution is 2.19. The smallest absolute Gasteiger partial charge is 0.300 e. The minimum atomic E-state index is -0.286. The van der Waals surface area contributed by atoms with E-state index in [1.54, 1.807) is 16.8 Å². The maximum Gasteiger partial charge on any atom is 0.300 e. The predicted molar refractivity (Wildman–Crippen MR) is 116 cm³/mol. The van der Waals surface area contributed by atoms with Gasteiger partial charge >= 0.3 is 5.56 Å². The van der Waals surface area contributed by atoms with Crippen molar-refractivity contribution >= 4 is 23.2 Å². The number of hydrogen-bond acceptors (Lipinski definition) is 6. The summed E-state index contributed by atoms with van der Waals surface area (Å²) in [5, 5.41) is 8.64. The summed E-state index contributed by atoms with van der Waals surface area (Å²) in [4.78, 5) is 25.3. The fourth-order valence-corrected chi connectivity index (χ4v) is 3.80. The van der Waals surface area contributed by atoms with Gasteiger partial charge in [-0.15, -0.1) is 10.2 Å². The van der Waals surface area contributed by atoms with Crippen molar-refractivity contribution in [3.8, 4) is 11.4 Å². The molecule has 0 aliphatic heterocycles. The normalized spacial score (nSPS) is 11.0. The van der Waals surface area contributed by atoms with Crippen molar-refractivity contribution in [3.05, 3.63) is 82.4 Å². The molecule has 0 aliphatic rings. The zero-order valence-electron chi connectivity index (χ0n) is 16.6. The predicted octanol–water partition coefficient (Wildman–Crippen LogP) is 3.56. The molecular formula is C22H20N4O3S. The quantitative estimate of drug-likeness (QED) is 0.336. The zero-order valence-corrected chi connectivity index (χ0v) is 17.4. The zero-order chi connectivity index (χ0) is 21.1. The molecule has 8 heteroatoms. The SMILES string of the molecule is CCOc1ccc(-n2ccn3c(SCC(=O)c4ccc(C)cc4)nnc3c2=O)cc1. The number of nitrogens with zero attached hydrogens (tertiary/aromatic N) is 4. The molecule has 0 unspecified atom stereocenters. The summed E-state index contributed by atoms with van der Waals surface area (Å²) in [5.41, 5.74) is 2.38. The first-order chi connectivity index (χ1) is 14.6. The molecule has 0 radical (unpaired) electrons.